The van der Waals surface area contributed by atoms with Crippen molar-refractivity contribution >= 4 is 35.4 Å². The van der Waals surface area contributed by atoms with E-state index < -0.39 is 11.2 Å². The number of rotatable bonds is 6. The van der Waals surface area contributed by atoms with Crippen molar-refractivity contribution in [3.63, 3.8) is 0 Å². The summed E-state index contributed by atoms with van der Waals surface area (Å²) in [6.45, 7) is 1.58. The third kappa shape index (κ3) is 6.40. The number of nitro groups is 1. The standard InChI is InChI=1S/C10H14N3O4PS/c1-18(17,19)7-11-6-10(14)12-8-2-4-9(5-3-8)13(15)16/h2-5,11H,6-7H2,1H3,(H,12,14)(H,17,19). The fourth-order valence-corrected chi connectivity index (χ4v) is 2.05. The Hall–Kier alpha value is -1.34. The quantitative estimate of drug-likeness (QED) is 0.413. The van der Waals surface area contributed by atoms with Gasteiger partial charge in [-0.3, -0.25) is 14.9 Å². The zero-order valence-corrected chi connectivity index (χ0v) is 11.9. The average Bonchev–Trinajstić information content (AvgIpc) is 2.27. The molecule has 1 atom stereocenters. The zero-order valence-electron chi connectivity index (χ0n) is 10.2. The Labute approximate surface area is 115 Å². The van der Waals surface area contributed by atoms with Crippen molar-refractivity contribution in [2.45, 2.75) is 0 Å². The van der Waals surface area contributed by atoms with Crippen LogP contribution in [0.15, 0.2) is 24.3 Å². The van der Waals surface area contributed by atoms with Crippen molar-refractivity contribution in [3.05, 3.63) is 34.4 Å². The number of benzene rings is 1. The molecule has 0 aliphatic carbocycles. The topological polar surface area (TPSA) is 104 Å². The van der Waals surface area contributed by atoms with Crippen molar-refractivity contribution in [1.29, 1.82) is 0 Å². The van der Waals surface area contributed by atoms with E-state index in [1.807, 2.05) is 0 Å². The van der Waals surface area contributed by atoms with E-state index in [1.165, 1.54) is 24.3 Å². The van der Waals surface area contributed by atoms with Crippen LogP contribution < -0.4 is 10.6 Å². The van der Waals surface area contributed by atoms with E-state index in [0.717, 1.165) is 0 Å². The van der Waals surface area contributed by atoms with E-state index in [9.17, 15) is 19.8 Å². The molecule has 0 aliphatic rings. The Kier molecular flexibility index (Phi) is 5.56. The van der Waals surface area contributed by atoms with Crippen molar-refractivity contribution in [2.24, 2.45) is 0 Å². The highest BCUT2D eigenvalue weighted by molar-refractivity contribution is 8.11. The monoisotopic (exact) mass is 303 g/mol. The molecule has 0 spiro atoms. The number of anilines is 1. The highest BCUT2D eigenvalue weighted by Gasteiger charge is 2.08. The van der Waals surface area contributed by atoms with Crippen LogP contribution in [-0.2, 0) is 16.6 Å². The van der Waals surface area contributed by atoms with Gasteiger partial charge in [0.1, 0.15) is 0 Å². The lowest BCUT2D eigenvalue weighted by Crippen LogP contribution is -2.28. The molecule has 0 heterocycles. The van der Waals surface area contributed by atoms with Crippen LogP contribution in [0.2, 0.25) is 0 Å². The molecule has 0 aliphatic heterocycles. The molecule has 1 unspecified atom stereocenters. The summed E-state index contributed by atoms with van der Waals surface area (Å²) in [5.41, 5.74) is 0.431. The van der Waals surface area contributed by atoms with Crippen LogP contribution in [0.3, 0.4) is 0 Å². The van der Waals surface area contributed by atoms with Gasteiger partial charge in [0.15, 0.2) is 0 Å². The number of nitro benzene ring substituents is 1. The van der Waals surface area contributed by atoms with Gasteiger partial charge in [-0.25, -0.2) is 0 Å². The molecule has 0 saturated carbocycles. The first-order valence-corrected chi connectivity index (χ1v) is 8.71. The van der Waals surface area contributed by atoms with Gasteiger partial charge in [0.2, 0.25) is 5.91 Å². The van der Waals surface area contributed by atoms with Gasteiger partial charge in [0, 0.05) is 24.1 Å². The lowest BCUT2D eigenvalue weighted by Gasteiger charge is -2.10. The van der Waals surface area contributed by atoms with Gasteiger partial charge in [0.05, 0.1) is 17.7 Å². The summed E-state index contributed by atoms with van der Waals surface area (Å²) in [6.07, 6.45) is -2.14. The maximum absolute atomic E-state index is 11.5. The van der Waals surface area contributed by atoms with Gasteiger partial charge in [-0.2, -0.15) is 0 Å². The number of nitrogens with one attached hydrogen (secondary N) is 2. The van der Waals surface area contributed by atoms with Crippen LogP contribution in [-0.4, -0.2) is 35.2 Å². The minimum Gasteiger partial charge on any atom is -0.364 e. The molecule has 9 heteroatoms. The predicted molar refractivity (Wildman–Crippen MR) is 77.0 cm³/mol. The molecule has 0 radical (unpaired) electrons. The van der Waals surface area contributed by atoms with Crippen LogP contribution in [0.1, 0.15) is 0 Å². The summed E-state index contributed by atoms with van der Waals surface area (Å²) in [4.78, 5) is 30.8. The third-order valence-electron chi connectivity index (χ3n) is 2.05. The van der Waals surface area contributed by atoms with Gasteiger partial charge in [-0.05, 0) is 18.8 Å². The molecule has 1 rings (SSSR count). The van der Waals surface area contributed by atoms with Gasteiger partial charge in [-0.1, -0.05) is 11.8 Å². The second kappa shape index (κ2) is 6.72. The highest BCUT2D eigenvalue weighted by Crippen LogP contribution is 2.33. The van der Waals surface area contributed by atoms with Crippen molar-refractivity contribution < 1.29 is 14.6 Å². The van der Waals surface area contributed by atoms with Crippen molar-refractivity contribution in [1.82, 2.24) is 5.32 Å². The fourth-order valence-electron chi connectivity index (χ4n) is 1.25. The number of hydrogen-bond donors (Lipinski definition) is 3. The van der Waals surface area contributed by atoms with Gasteiger partial charge in [0.25, 0.3) is 5.69 Å². The van der Waals surface area contributed by atoms with Crippen LogP contribution in [0.4, 0.5) is 11.4 Å². The van der Waals surface area contributed by atoms with E-state index in [1.54, 1.807) is 6.66 Å². The molecule has 0 saturated heterocycles. The largest absolute Gasteiger partial charge is 0.364 e. The Morgan fingerprint density at radius 3 is 2.53 bits per heavy atom. The second-order valence-electron chi connectivity index (χ2n) is 3.99. The molecular formula is C10H14N3O4PS. The van der Waals surface area contributed by atoms with E-state index >= 15 is 0 Å². The van der Waals surface area contributed by atoms with E-state index in [2.05, 4.69) is 10.6 Å². The molecule has 1 aromatic carbocycles. The normalized spacial score (nSPS) is 13.6. The Morgan fingerprint density at radius 1 is 1.47 bits per heavy atom. The second-order valence-corrected chi connectivity index (χ2v) is 8.77. The summed E-state index contributed by atoms with van der Waals surface area (Å²) in [5, 5.41) is 15.8. The van der Waals surface area contributed by atoms with E-state index in [-0.39, 0.29) is 24.4 Å². The summed E-state index contributed by atoms with van der Waals surface area (Å²) >= 11 is 4.81. The number of nitrogens with zero attached hydrogens (tertiary/aromatic N) is 1. The Balaban J connectivity index is 2.44. The summed E-state index contributed by atoms with van der Waals surface area (Å²) in [5.74, 6) is -0.308. The maximum Gasteiger partial charge on any atom is 0.269 e. The molecule has 19 heavy (non-hydrogen) atoms. The molecule has 3 N–H and O–H groups in total. The molecule has 1 amide bonds. The van der Waals surface area contributed by atoms with Crippen molar-refractivity contribution in [3.8, 4) is 0 Å². The molecule has 0 fully saturated rings. The first-order chi connectivity index (χ1) is 8.78. The summed E-state index contributed by atoms with van der Waals surface area (Å²) in [7, 11) is 0. The molecule has 0 bridgehead atoms. The predicted octanol–water partition coefficient (Wildman–Crippen LogP) is 1.10. The molecule has 0 aromatic heterocycles. The smallest absolute Gasteiger partial charge is 0.269 e. The van der Waals surface area contributed by atoms with Crippen molar-refractivity contribution in [2.75, 3.05) is 24.8 Å². The van der Waals surface area contributed by atoms with Crippen LogP contribution in [0.5, 0.6) is 0 Å². The van der Waals surface area contributed by atoms with Gasteiger partial charge in [-0.15, -0.1) is 0 Å². The lowest BCUT2D eigenvalue weighted by molar-refractivity contribution is -0.384. The maximum atomic E-state index is 11.5. The highest BCUT2D eigenvalue weighted by atomic mass is 32.4. The zero-order chi connectivity index (χ0) is 14.5. The number of carbonyl (C=O) groups excluding carboxylic acids is 1. The first kappa shape index (κ1) is 15.7. The number of carbonyl (C=O) groups is 1. The number of non-ortho nitro benzene ring substituents is 1. The SMILES string of the molecule is CP(O)(=S)CNCC(=O)Nc1ccc([N+](=O)[O-])cc1. The molecule has 1 aromatic rings. The first-order valence-electron chi connectivity index (χ1n) is 5.32. The summed E-state index contributed by atoms with van der Waals surface area (Å²) in [6, 6.07) is 5.52. The Morgan fingerprint density at radius 2 is 2.05 bits per heavy atom. The van der Waals surface area contributed by atoms with E-state index in [4.69, 9.17) is 11.8 Å². The summed E-state index contributed by atoms with van der Waals surface area (Å²) < 4.78 is 0. The third-order valence-corrected chi connectivity index (χ3v) is 3.25. The van der Waals surface area contributed by atoms with Crippen LogP contribution in [0.25, 0.3) is 0 Å². The van der Waals surface area contributed by atoms with Gasteiger partial charge >= 0.3 is 0 Å². The minimum absolute atomic E-state index is 0.0176. The van der Waals surface area contributed by atoms with Crippen LogP contribution in [0, 0.1) is 10.1 Å². The fraction of sp³-hybridized carbons (Fsp3) is 0.300. The average molecular weight is 303 g/mol. The minimum atomic E-state index is -2.35. The Bertz CT molecular complexity index is 514. The molecular weight excluding hydrogens is 289 g/mol. The molecule has 7 nitrogen and oxygen atoms in total. The number of amides is 1. The van der Waals surface area contributed by atoms with Crippen LogP contribution >= 0.6 is 6.26 Å². The lowest BCUT2D eigenvalue weighted by atomic mass is 10.3. The number of hydrogen-bond acceptors (Lipinski definition) is 5. The van der Waals surface area contributed by atoms with Gasteiger partial charge < -0.3 is 15.5 Å². The molecule has 104 valence electrons. The van der Waals surface area contributed by atoms with E-state index in [0.29, 0.717) is 5.69 Å².